The van der Waals surface area contributed by atoms with Crippen LogP contribution in [0.15, 0.2) is 59.1 Å². The number of aryl methyl sites for hydroxylation is 1. The second-order valence-electron chi connectivity index (χ2n) is 6.71. The van der Waals surface area contributed by atoms with Crippen LogP contribution in [-0.4, -0.2) is 34.2 Å². The van der Waals surface area contributed by atoms with Gasteiger partial charge in [-0.15, -0.1) is 12.4 Å². The van der Waals surface area contributed by atoms with Crippen molar-refractivity contribution in [3.05, 3.63) is 71.5 Å². The van der Waals surface area contributed by atoms with Crippen LogP contribution >= 0.6 is 12.4 Å². The van der Waals surface area contributed by atoms with Crippen LogP contribution in [0.4, 0.5) is 0 Å². The predicted octanol–water partition coefficient (Wildman–Crippen LogP) is 3.39. The van der Waals surface area contributed by atoms with Crippen LogP contribution in [0.3, 0.4) is 0 Å². The van der Waals surface area contributed by atoms with Gasteiger partial charge in [0.05, 0.1) is 6.54 Å². The molecule has 0 spiro atoms. The highest BCUT2D eigenvalue weighted by Gasteiger charge is 2.31. The first-order valence-corrected chi connectivity index (χ1v) is 8.62. The molecule has 1 saturated heterocycles. The van der Waals surface area contributed by atoms with Crippen molar-refractivity contribution in [3.63, 3.8) is 0 Å². The second kappa shape index (κ2) is 7.99. The van der Waals surface area contributed by atoms with Crippen molar-refractivity contribution < 1.29 is 4.52 Å². The van der Waals surface area contributed by atoms with E-state index in [1.54, 1.807) is 0 Å². The summed E-state index contributed by atoms with van der Waals surface area (Å²) < 4.78 is 5.46. The molecule has 0 aliphatic carbocycles. The summed E-state index contributed by atoms with van der Waals surface area (Å²) in [5, 5.41) is 4.15. The summed E-state index contributed by atoms with van der Waals surface area (Å²) in [6.45, 7) is 4.46. The zero-order valence-corrected chi connectivity index (χ0v) is 15.5. The standard InChI is InChI=1S/C20H22N4O.ClH/c1-14-7-5-6-10-16(14)20-22-19(23-25-20)13-24-11-17(18(21)12-24)15-8-3-2-4-9-15;/h2-10,17-18H,11-13,21H2,1H3;1H/t17-,18+;/m0./s1. The molecule has 1 aliphatic rings. The third-order valence-electron chi connectivity index (χ3n) is 4.88. The molecule has 136 valence electrons. The Hall–Kier alpha value is -2.21. The number of benzene rings is 2. The summed E-state index contributed by atoms with van der Waals surface area (Å²) in [7, 11) is 0. The first kappa shape index (κ1) is 18.6. The number of halogens is 1. The van der Waals surface area contributed by atoms with E-state index in [9.17, 15) is 0 Å². The highest BCUT2D eigenvalue weighted by molar-refractivity contribution is 5.85. The molecular weight excluding hydrogens is 348 g/mol. The van der Waals surface area contributed by atoms with Gasteiger partial charge in [-0.3, -0.25) is 4.90 Å². The molecule has 2 atom stereocenters. The Morgan fingerprint density at radius 3 is 2.58 bits per heavy atom. The SMILES string of the molecule is Cc1ccccc1-c1nc(CN2C[C@@H](N)[C@H](c3ccccc3)C2)no1.Cl. The molecule has 3 aromatic rings. The molecule has 0 amide bonds. The summed E-state index contributed by atoms with van der Waals surface area (Å²) >= 11 is 0. The molecule has 4 rings (SSSR count). The molecule has 1 aliphatic heterocycles. The highest BCUT2D eigenvalue weighted by atomic mass is 35.5. The Labute approximate surface area is 159 Å². The molecule has 2 N–H and O–H groups in total. The van der Waals surface area contributed by atoms with E-state index in [4.69, 9.17) is 10.3 Å². The molecule has 0 bridgehead atoms. The van der Waals surface area contributed by atoms with E-state index in [0.29, 0.717) is 24.2 Å². The number of nitrogens with zero attached hydrogens (tertiary/aromatic N) is 3. The van der Waals surface area contributed by atoms with Crippen LogP contribution < -0.4 is 5.73 Å². The normalized spacial score (nSPS) is 20.1. The van der Waals surface area contributed by atoms with Gasteiger partial charge in [0.1, 0.15) is 0 Å². The highest BCUT2D eigenvalue weighted by Crippen LogP contribution is 2.27. The van der Waals surface area contributed by atoms with Gasteiger partial charge in [0.15, 0.2) is 5.82 Å². The number of hydrogen-bond donors (Lipinski definition) is 1. The number of rotatable bonds is 4. The topological polar surface area (TPSA) is 68.2 Å². The maximum absolute atomic E-state index is 6.37. The van der Waals surface area contributed by atoms with Crippen molar-refractivity contribution in [2.75, 3.05) is 13.1 Å². The molecule has 1 fully saturated rings. The summed E-state index contributed by atoms with van der Waals surface area (Å²) in [6, 6.07) is 18.6. The van der Waals surface area contributed by atoms with Crippen LogP contribution in [0.25, 0.3) is 11.5 Å². The Morgan fingerprint density at radius 1 is 1.08 bits per heavy atom. The van der Waals surface area contributed by atoms with Crippen molar-refractivity contribution in [3.8, 4) is 11.5 Å². The van der Waals surface area contributed by atoms with Gasteiger partial charge < -0.3 is 10.3 Å². The zero-order valence-electron chi connectivity index (χ0n) is 14.7. The van der Waals surface area contributed by atoms with Crippen LogP contribution in [-0.2, 0) is 6.54 Å². The Morgan fingerprint density at radius 2 is 1.81 bits per heavy atom. The monoisotopic (exact) mass is 370 g/mol. The summed E-state index contributed by atoms with van der Waals surface area (Å²) in [4.78, 5) is 6.87. The van der Waals surface area contributed by atoms with Gasteiger partial charge in [0.25, 0.3) is 5.89 Å². The van der Waals surface area contributed by atoms with Gasteiger partial charge in [0, 0.05) is 30.6 Å². The Balaban J connectivity index is 0.00000196. The fraction of sp³-hybridized carbons (Fsp3) is 0.300. The lowest BCUT2D eigenvalue weighted by Crippen LogP contribution is -2.28. The largest absolute Gasteiger partial charge is 0.334 e. The number of aromatic nitrogens is 2. The van der Waals surface area contributed by atoms with Gasteiger partial charge in [-0.25, -0.2) is 0 Å². The minimum Gasteiger partial charge on any atom is -0.334 e. The fourth-order valence-corrected chi connectivity index (χ4v) is 3.54. The van der Waals surface area contributed by atoms with Crippen LogP contribution in [0, 0.1) is 6.92 Å². The lowest BCUT2D eigenvalue weighted by Gasteiger charge is -2.14. The number of hydrogen-bond acceptors (Lipinski definition) is 5. The molecular formula is C20H23ClN4O. The quantitative estimate of drug-likeness (QED) is 0.762. The number of nitrogens with two attached hydrogens (primary N) is 1. The lowest BCUT2D eigenvalue weighted by atomic mass is 9.95. The van der Waals surface area contributed by atoms with E-state index in [2.05, 4.69) is 39.3 Å². The van der Waals surface area contributed by atoms with Crippen molar-refractivity contribution in [2.24, 2.45) is 5.73 Å². The molecule has 5 nitrogen and oxygen atoms in total. The zero-order chi connectivity index (χ0) is 17.2. The van der Waals surface area contributed by atoms with Crippen molar-refractivity contribution in [1.29, 1.82) is 0 Å². The van der Waals surface area contributed by atoms with E-state index < -0.39 is 0 Å². The molecule has 0 saturated carbocycles. The van der Waals surface area contributed by atoms with E-state index in [-0.39, 0.29) is 18.4 Å². The smallest absolute Gasteiger partial charge is 0.258 e. The molecule has 26 heavy (non-hydrogen) atoms. The first-order valence-electron chi connectivity index (χ1n) is 8.62. The summed E-state index contributed by atoms with van der Waals surface area (Å²) in [5.41, 5.74) is 9.78. The summed E-state index contributed by atoms with van der Waals surface area (Å²) in [5.74, 6) is 1.64. The van der Waals surface area contributed by atoms with Gasteiger partial charge in [-0.05, 0) is 24.1 Å². The third kappa shape index (κ3) is 3.80. The van der Waals surface area contributed by atoms with E-state index in [1.165, 1.54) is 5.56 Å². The molecule has 2 heterocycles. The van der Waals surface area contributed by atoms with Crippen molar-refractivity contribution in [2.45, 2.75) is 25.4 Å². The molecule has 0 unspecified atom stereocenters. The van der Waals surface area contributed by atoms with E-state index in [1.807, 2.05) is 37.3 Å². The van der Waals surface area contributed by atoms with Gasteiger partial charge in [-0.2, -0.15) is 4.98 Å². The van der Waals surface area contributed by atoms with E-state index in [0.717, 1.165) is 24.2 Å². The maximum atomic E-state index is 6.37. The summed E-state index contributed by atoms with van der Waals surface area (Å²) in [6.07, 6.45) is 0. The fourth-order valence-electron chi connectivity index (χ4n) is 3.54. The average molecular weight is 371 g/mol. The molecule has 2 aromatic carbocycles. The predicted molar refractivity (Wildman–Crippen MR) is 104 cm³/mol. The third-order valence-corrected chi connectivity index (χ3v) is 4.88. The number of likely N-dealkylation sites (tertiary alicyclic amines) is 1. The minimum atomic E-state index is 0. The molecule has 0 radical (unpaired) electrons. The maximum Gasteiger partial charge on any atom is 0.258 e. The van der Waals surface area contributed by atoms with Crippen LogP contribution in [0.5, 0.6) is 0 Å². The Bertz CT molecular complexity index is 852. The van der Waals surface area contributed by atoms with Gasteiger partial charge >= 0.3 is 0 Å². The van der Waals surface area contributed by atoms with Gasteiger partial charge in [0.2, 0.25) is 0 Å². The first-order chi connectivity index (χ1) is 12.2. The van der Waals surface area contributed by atoms with Crippen LogP contribution in [0.2, 0.25) is 0 Å². The van der Waals surface area contributed by atoms with Crippen LogP contribution in [0.1, 0.15) is 22.9 Å². The average Bonchev–Trinajstić information content (AvgIpc) is 3.23. The van der Waals surface area contributed by atoms with E-state index >= 15 is 0 Å². The molecule has 6 heteroatoms. The van der Waals surface area contributed by atoms with Gasteiger partial charge in [-0.1, -0.05) is 53.7 Å². The Kier molecular flexibility index (Phi) is 5.71. The second-order valence-corrected chi connectivity index (χ2v) is 6.71. The van der Waals surface area contributed by atoms with Crippen molar-refractivity contribution >= 4 is 12.4 Å². The molecule has 1 aromatic heterocycles. The van der Waals surface area contributed by atoms with Crippen molar-refractivity contribution in [1.82, 2.24) is 15.0 Å². The minimum absolute atomic E-state index is 0. The lowest BCUT2D eigenvalue weighted by molar-refractivity contribution is 0.306.